The van der Waals surface area contributed by atoms with E-state index in [1.54, 1.807) is 6.07 Å². The van der Waals surface area contributed by atoms with Gasteiger partial charge in [0.1, 0.15) is 6.04 Å². The molecule has 1 aliphatic carbocycles. The molecule has 1 aromatic heterocycles. The highest BCUT2D eigenvalue weighted by atomic mass is 16.2. The molecule has 1 saturated carbocycles. The van der Waals surface area contributed by atoms with Gasteiger partial charge in [-0.1, -0.05) is 74.6 Å². The summed E-state index contributed by atoms with van der Waals surface area (Å²) in [5.41, 5.74) is 2.15. The van der Waals surface area contributed by atoms with Crippen LogP contribution in [0.5, 0.6) is 0 Å². The number of para-hydroxylation sites is 2. The van der Waals surface area contributed by atoms with Crippen molar-refractivity contribution in [3.05, 3.63) is 66.0 Å². The number of hydrogen-bond acceptors (Lipinski definition) is 6. The normalized spacial score (nSPS) is 18.5. The number of fused-ring (bicyclic) bond motifs is 1. The summed E-state index contributed by atoms with van der Waals surface area (Å²) < 4.78 is 0. The standard InChI is InChI=1S/C33H40N6O5/c40-28(32(43)35-20-22-12-5-2-6-13-22)26(19-23-14-9-17-34-30(23)41)38-31(42)27(18-21-10-3-1-4-11-21)39-33(44)29-36-24-15-7-8-16-25(24)37-29/h2,5-8,12-13,15-16,21,23,26-27H,1,3-4,9-11,14,17-20H2,(H,34,41)(H,35,43)(H,36,37)(H,38,42)(H,39,44)/t23-,26-,27-/m0/s1. The van der Waals surface area contributed by atoms with Gasteiger partial charge >= 0.3 is 0 Å². The third-order valence-electron chi connectivity index (χ3n) is 8.59. The largest absolute Gasteiger partial charge is 0.356 e. The van der Waals surface area contributed by atoms with E-state index in [0.29, 0.717) is 30.4 Å². The van der Waals surface area contributed by atoms with Crippen LogP contribution in [0.25, 0.3) is 11.0 Å². The van der Waals surface area contributed by atoms with Crippen LogP contribution < -0.4 is 21.3 Å². The minimum atomic E-state index is -1.23. The molecule has 11 nitrogen and oxygen atoms in total. The van der Waals surface area contributed by atoms with Crippen LogP contribution in [0.1, 0.15) is 74.0 Å². The average molecular weight is 601 g/mol. The van der Waals surface area contributed by atoms with E-state index in [4.69, 9.17) is 0 Å². The number of aromatic nitrogens is 2. The molecule has 44 heavy (non-hydrogen) atoms. The van der Waals surface area contributed by atoms with Crippen molar-refractivity contribution in [2.45, 2.75) is 76.4 Å². The molecule has 3 atom stereocenters. The quantitative estimate of drug-likeness (QED) is 0.201. The maximum atomic E-state index is 13.9. The maximum absolute atomic E-state index is 13.9. The molecule has 5 rings (SSSR count). The molecule has 5 N–H and O–H groups in total. The van der Waals surface area contributed by atoms with Crippen LogP contribution in [0.15, 0.2) is 54.6 Å². The molecule has 2 fully saturated rings. The van der Waals surface area contributed by atoms with Gasteiger partial charge in [-0.2, -0.15) is 0 Å². The fraction of sp³-hybridized carbons (Fsp3) is 0.455. The number of aromatic amines is 1. The number of imidazole rings is 1. The first-order valence-corrected chi connectivity index (χ1v) is 15.6. The summed E-state index contributed by atoms with van der Waals surface area (Å²) in [5.74, 6) is -3.19. The molecule has 2 aromatic carbocycles. The molecule has 2 aliphatic rings. The number of ketones is 1. The lowest BCUT2D eigenvalue weighted by molar-refractivity contribution is -0.141. The van der Waals surface area contributed by atoms with Crippen molar-refractivity contribution in [3.63, 3.8) is 0 Å². The van der Waals surface area contributed by atoms with Crippen molar-refractivity contribution in [3.8, 4) is 0 Å². The second-order valence-electron chi connectivity index (χ2n) is 11.8. The first kappa shape index (κ1) is 30.9. The number of piperidine rings is 1. The number of amides is 4. The van der Waals surface area contributed by atoms with Crippen LogP contribution in [0.4, 0.5) is 0 Å². The minimum Gasteiger partial charge on any atom is -0.356 e. The summed E-state index contributed by atoms with van der Waals surface area (Å²) in [6.07, 6.45) is 6.79. The SMILES string of the molecule is O=C(NCc1ccccc1)C(=O)[C@H](C[C@@H]1CCCNC1=O)NC(=O)[C@H](CC1CCCCC1)NC(=O)c1nc2ccccc2[nH]1. The number of rotatable bonds is 12. The topological polar surface area (TPSA) is 162 Å². The molecule has 1 saturated heterocycles. The lowest BCUT2D eigenvalue weighted by atomic mass is 9.84. The molecule has 1 aliphatic heterocycles. The summed E-state index contributed by atoms with van der Waals surface area (Å²) in [4.78, 5) is 73.6. The molecular weight excluding hydrogens is 560 g/mol. The molecule has 2 heterocycles. The van der Waals surface area contributed by atoms with E-state index in [1.165, 1.54) is 0 Å². The maximum Gasteiger partial charge on any atom is 0.289 e. The smallest absolute Gasteiger partial charge is 0.289 e. The number of benzene rings is 2. The molecule has 0 spiro atoms. The fourth-order valence-corrected chi connectivity index (χ4v) is 6.15. The Hall–Kier alpha value is -4.54. The van der Waals surface area contributed by atoms with Gasteiger partial charge in [-0.25, -0.2) is 4.98 Å². The molecule has 232 valence electrons. The molecular formula is C33H40N6O5. The third kappa shape index (κ3) is 8.09. The van der Waals surface area contributed by atoms with Gasteiger partial charge in [0, 0.05) is 19.0 Å². The third-order valence-corrected chi connectivity index (χ3v) is 8.59. The molecule has 0 radical (unpaired) electrons. The zero-order chi connectivity index (χ0) is 30.9. The molecule has 11 heteroatoms. The van der Waals surface area contributed by atoms with Gasteiger partial charge in [0.05, 0.1) is 17.1 Å². The van der Waals surface area contributed by atoms with Crippen molar-refractivity contribution in [2.75, 3.05) is 6.54 Å². The first-order chi connectivity index (χ1) is 21.4. The predicted molar refractivity (Wildman–Crippen MR) is 164 cm³/mol. The Kier molecular flexibility index (Phi) is 10.4. The number of H-pyrrole nitrogens is 1. The Bertz CT molecular complexity index is 1450. The molecule has 0 bridgehead atoms. The molecule has 4 amide bonds. The minimum absolute atomic E-state index is 0.0111. The number of Topliss-reactive ketones (excluding diaryl/α,β-unsaturated/α-hetero) is 1. The number of carbonyl (C=O) groups excluding carboxylic acids is 5. The van der Waals surface area contributed by atoms with Crippen LogP contribution in [-0.4, -0.2) is 58.0 Å². The van der Waals surface area contributed by atoms with Gasteiger partial charge in [-0.15, -0.1) is 0 Å². The summed E-state index contributed by atoms with van der Waals surface area (Å²) >= 11 is 0. The number of hydrogen-bond donors (Lipinski definition) is 5. The molecule has 0 unspecified atom stereocenters. The molecule has 3 aromatic rings. The van der Waals surface area contributed by atoms with Crippen LogP contribution in [0, 0.1) is 11.8 Å². The Labute approximate surface area is 256 Å². The Balaban J connectivity index is 1.33. The average Bonchev–Trinajstić information content (AvgIpc) is 3.49. The van der Waals surface area contributed by atoms with Crippen LogP contribution in [0.3, 0.4) is 0 Å². The Morgan fingerprint density at radius 3 is 2.34 bits per heavy atom. The van der Waals surface area contributed by atoms with Crippen LogP contribution in [0.2, 0.25) is 0 Å². The zero-order valence-electron chi connectivity index (χ0n) is 24.8. The van der Waals surface area contributed by atoms with Crippen molar-refractivity contribution in [2.24, 2.45) is 11.8 Å². The van der Waals surface area contributed by atoms with Gasteiger partial charge in [-0.3, -0.25) is 24.0 Å². The van der Waals surface area contributed by atoms with Gasteiger partial charge in [0.2, 0.25) is 17.6 Å². The van der Waals surface area contributed by atoms with E-state index in [0.717, 1.165) is 44.1 Å². The van der Waals surface area contributed by atoms with Crippen molar-refractivity contribution >= 4 is 40.4 Å². The number of nitrogens with zero attached hydrogens (tertiary/aromatic N) is 1. The number of nitrogens with one attached hydrogen (secondary N) is 5. The number of carbonyl (C=O) groups is 5. The zero-order valence-corrected chi connectivity index (χ0v) is 24.8. The lowest BCUT2D eigenvalue weighted by Gasteiger charge is -2.29. The van der Waals surface area contributed by atoms with E-state index < -0.39 is 41.5 Å². The lowest BCUT2D eigenvalue weighted by Crippen LogP contribution is -2.55. The summed E-state index contributed by atoms with van der Waals surface area (Å²) in [6.45, 7) is 0.697. The van der Waals surface area contributed by atoms with Crippen molar-refractivity contribution in [1.29, 1.82) is 0 Å². The van der Waals surface area contributed by atoms with E-state index >= 15 is 0 Å². The summed E-state index contributed by atoms with van der Waals surface area (Å²) in [5, 5.41) is 11.0. The van der Waals surface area contributed by atoms with E-state index in [9.17, 15) is 24.0 Å². The van der Waals surface area contributed by atoms with Crippen molar-refractivity contribution in [1.82, 2.24) is 31.2 Å². The van der Waals surface area contributed by atoms with Crippen LogP contribution >= 0.6 is 0 Å². The van der Waals surface area contributed by atoms with E-state index in [-0.39, 0.29) is 30.6 Å². The first-order valence-electron chi connectivity index (χ1n) is 15.6. The van der Waals surface area contributed by atoms with Gasteiger partial charge < -0.3 is 26.3 Å². The highest BCUT2D eigenvalue weighted by molar-refractivity contribution is 6.38. The second kappa shape index (κ2) is 14.8. The van der Waals surface area contributed by atoms with Gasteiger partial charge in [-0.05, 0) is 49.3 Å². The van der Waals surface area contributed by atoms with Crippen LogP contribution in [-0.2, 0) is 25.7 Å². The highest BCUT2D eigenvalue weighted by Crippen LogP contribution is 2.28. The Morgan fingerprint density at radius 2 is 1.59 bits per heavy atom. The van der Waals surface area contributed by atoms with Gasteiger partial charge in [0.15, 0.2) is 5.82 Å². The second-order valence-corrected chi connectivity index (χ2v) is 11.8. The Morgan fingerprint density at radius 1 is 0.841 bits per heavy atom. The van der Waals surface area contributed by atoms with Crippen molar-refractivity contribution < 1.29 is 24.0 Å². The highest BCUT2D eigenvalue weighted by Gasteiger charge is 2.35. The summed E-state index contributed by atoms with van der Waals surface area (Å²) in [6, 6.07) is 14.2. The van der Waals surface area contributed by atoms with E-state index in [2.05, 4.69) is 31.2 Å². The fourth-order valence-electron chi connectivity index (χ4n) is 6.15. The monoisotopic (exact) mass is 600 g/mol. The van der Waals surface area contributed by atoms with Gasteiger partial charge in [0.25, 0.3) is 11.8 Å². The summed E-state index contributed by atoms with van der Waals surface area (Å²) in [7, 11) is 0. The van der Waals surface area contributed by atoms with E-state index in [1.807, 2.05) is 48.5 Å². The predicted octanol–water partition coefficient (Wildman–Crippen LogP) is 2.92.